The fourth-order valence-corrected chi connectivity index (χ4v) is 5.10. The first-order chi connectivity index (χ1) is 14.8. The third-order valence-electron chi connectivity index (χ3n) is 5.47. The van der Waals surface area contributed by atoms with Gasteiger partial charge in [-0.2, -0.15) is 0 Å². The maximum absolute atomic E-state index is 12.9. The number of hydrogen-bond donors (Lipinski definition) is 1. The zero-order valence-corrected chi connectivity index (χ0v) is 19.2. The van der Waals surface area contributed by atoms with E-state index >= 15 is 0 Å². The van der Waals surface area contributed by atoms with Crippen molar-refractivity contribution < 1.29 is 14.3 Å². The van der Waals surface area contributed by atoms with E-state index in [-0.39, 0.29) is 5.91 Å². The van der Waals surface area contributed by atoms with Crippen LogP contribution >= 0.6 is 11.3 Å². The van der Waals surface area contributed by atoms with Crippen molar-refractivity contribution in [2.24, 2.45) is 0 Å². The molecular formula is C23H30N4O3S. The molecule has 2 aliphatic heterocycles. The number of carbonyl (C=O) groups is 2. The van der Waals surface area contributed by atoms with Crippen molar-refractivity contribution in [3.63, 3.8) is 0 Å². The lowest BCUT2D eigenvalue weighted by Gasteiger charge is -2.27. The van der Waals surface area contributed by atoms with Gasteiger partial charge in [0.25, 0.3) is 0 Å². The van der Waals surface area contributed by atoms with Crippen molar-refractivity contribution in [3.8, 4) is 0 Å². The first-order valence-corrected chi connectivity index (χ1v) is 11.7. The van der Waals surface area contributed by atoms with Gasteiger partial charge in [-0.3, -0.25) is 14.6 Å². The van der Waals surface area contributed by atoms with Crippen molar-refractivity contribution in [1.82, 2.24) is 14.8 Å². The maximum atomic E-state index is 12.9. The zero-order valence-electron chi connectivity index (χ0n) is 18.4. The average molecular weight is 443 g/mol. The monoisotopic (exact) mass is 442 g/mol. The molecule has 2 aliphatic rings. The molecule has 1 aromatic carbocycles. The number of benzene rings is 1. The number of likely N-dealkylation sites (tertiary alicyclic amines) is 1. The van der Waals surface area contributed by atoms with Crippen LogP contribution in [0.15, 0.2) is 30.3 Å². The highest BCUT2D eigenvalue weighted by Crippen LogP contribution is 2.30. The minimum Gasteiger partial charge on any atom is -0.444 e. The first-order valence-electron chi connectivity index (χ1n) is 10.8. The summed E-state index contributed by atoms with van der Waals surface area (Å²) < 4.78 is 5.47. The van der Waals surface area contributed by atoms with E-state index in [0.29, 0.717) is 18.1 Å². The van der Waals surface area contributed by atoms with Crippen molar-refractivity contribution in [2.45, 2.75) is 64.8 Å². The van der Waals surface area contributed by atoms with E-state index in [4.69, 9.17) is 4.74 Å². The van der Waals surface area contributed by atoms with Gasteiger partial charge in [-0.1, -0.05) is 30.3 Å². The molecule has 0 saturated carbocycles. The molecule has 8 heteroatoms. The summed E-state index contributed by atoms with van der Waals surface area (Å²) in [6, 6.07) is 9.94. The number of rotatable bonds is 4. The second-order valence-corrected chi connectivity index (χ2v) is 10.2. The molecule has 3 heterocycles. The number of hydrogen-bond acceptors (Lipinski definition) is 6. The van der Waals surface area contributed by atoms with Crippen LogP contribution in [0, 0.1) is 0 Å². The van der Waals surface area contributed by atoms with Crippen LogP contribution in [0.25, 0.3) is 0 Å². The van der Waals surface area contributed by atoms with Crippen LogP contribution < -0.4 is 5.32 Å². The Morgan fingerprint density at radius 1 is 1.23 bits per heavy atom. The molecule has 1 fully saturated rings. The average Bonchev–Trinajstić information content (AvgIpc) is 3.34. The number of amides is 2. The van der Waals surface area contributed by atoms with E-state index in [0.717, 1.165) is 38.2 Å². The summed E-state index contributed by atoms with van der Waals surface area (Å²) in [4.78, 5) is 35.2. The Labute approximate surface area is 187 Å². The van der Waals surface area contributed by atoms with E-state index in [1.54, 1.807) is 0 Å². The van der Waals surface area contributed by atoms with E-state index in [1.807, 2.05) is 26.8 Å². The molecule has 0 bridgehead atoms. The molecule has 1 unspecified atom stereocenters. The molecule has 1 atom stereocenters. The standard InChI is InChI=1S/C23H30N4O3S/c1-23(2,3)30-22(29)27-12-7-10-18(27)20(28)25-21-24-17-11-13-26(15-19(17)31-21)14-16-8-5-4-6-9-16/h4-6,8-9,18H,7,10-15H2,1-3H3,(H,24,25,28). The Morgan fingerprint density at radius 2 is 2.00 bits per heavy atom. The van der Waals surface area contributed by atoms with Gasteiger partial charge in [-0.05, 0) is 39.2 Å². The van der Waals surface area contributed by atoms with Crippen LogP contribution in [0.1, 0.15) is 49.7 Å². The molecule has 1 aromatic heterocycles. The zero-order chi connectivity index (χ0) is 22.0. The van der Waals surface area contributed by atoms with Gasteiger partial charge in [0.1, 0.15) is 11.6 Å². The fraction of sp³-hybridized carbons (Fsp3) is 0.522. The third-order valence-corrected chi connectivity index (χ3v) is 6.47. The number of anilines is 1. The lowest BCUT2D eigenvalue weighted by atomic mass is 10.1. The molecule has 0 aliphatic carbocycles. The summed E-state index contributed by atoms with van der Waals surface area (Å²) in [6.07, 6.45) is 1.88. The predicted molar refractivity (Wildman–Crippen MR) is 121 cm³/mol. The molecule has 2 amide bonds. The summed E-state index contributed by atoms with van der Waals surface area (Å²) in [6.45, 7) is 8.73. The molecule has 166 valence electrons. The van der Waals surface area contributed by atoms with Crippen LogP contribution in [0.5, 0.6) is 0 Å². The largest absolute Gasteiger partial charge is 0.444 e. The van der Waals surface area contributed by atoms with E-state index < -0.39 is 17.7 Å². The SMILES string of the molecule is CC(C)(C)OC(=O)N1CCCC1C(=O)Nc1nc2c(s1)CN(Cc1ccccc1)CC2. The second-order valence-electron chi connectivity index (χ2n) is 9.16. The van der Waals surface area contributed by atoms with E-state index in [9.17, 15) is 9.59 Å². The Balaban J connectivity index is 1.37. The van der Waals surface area contributed by atoms with Crippen LogP contribution in [0.2, 0.25) is 0 Å². The van der Waals surface area contributed by atoms with Crippen molar-refractivity contribution in [1.29, 1.82) is 0 Å². The molecular weight excluding hydrogens is 412 g/mol. The van der Waals surface area contributed by atoms with Crippen LogP contribution in [0.4, 0.5) is 9.93 Å². The van der Waals surface area contributed by atoms with Gasteiger partial charge >= 0.3 is 6.09 Å². The normalized spacial score (nSPS) is 19.2. The highest BCUT2D eigenvalue weighted by Gasteiger charge is 2.37. The van der Waals surface area contributed by atoms with Crippen molar-refractivity contribution in [2.75, 3.05) is 18.4 Å². The molecule has 0 spiro atoms. The van der Waals surface area contributed by atoms with Crippen LogP contribution in [-0.2, 0) is 29.0 Å². The Morgan fingerprint density at radius 3 is 2.74 bits per heavy atom. The van der Waals surface area contributed by atoms with E-state index in [2.05, 4.69) is 39.5 Å². The van der Waals surface area contributed by atoms with Crippen molar-refractivity contribution in [3.05, 3.63) is 46.5 Å². The number of nitrogens with one attached hydrogen (secondary N) is 1. The predicted octanol–water partition coefficient (Wildman–Crippen LogP) is 4.04. The Kier molecular flexibility index (Phi) is 6.29. The number of ether oxygens (including phenoxy) is 1. The van der Waals surface area contributed by atoms with Gasteiger partial charge in [0.15, 0.2) is 5.13 Å². The molecule has 0 radical (unpaired) electrons. The minimum absolute atomic E-state index is 0.185. The van der Waals surface area contributed by atoms with Gasteiger partial charge in [0.2, 0.25) is 5.91 Å². The van der Waals surface area contributed by atoms with Gasteiger partial charge in [-0.25, -0.2) is 9.78 Å². The molecule has 1 saturated heterocycles. The van der Waals surface area contributed by atoms with Crippen LogP contribution in [0.3, 0.4) is 0 Å². The van der Waals surface area contributed by atoms with E-state index in [1.165, 1.54) is 26.7 Å². The first kappa shape index (κ1) is 21.8. The molecule has 31 heavy (non-hydrogen) atoms. The highest BCUT2D eigenvalue weighted by molar-refractivity contribution is 7.15. The number of aromatic nitrogens is 1. The molecule has 4 rings (SSSR count). The van der Waals surface area contributed by atoms with Crippen LogP contribution in [-0.4, -0.2) is 51.5 Å². The highest BCUT2D eigenvalue weighted by atomic mass is 32.1. The lowest BCUT2D eigenvalue weighted by molar-refractivity contribution is -0.120. The Hall–Kier alpha value is -2.45. The third kappa shape index (κ3) is 5.43. The van der Waals surface area contributed by atoms with Gasteiger partial charge < -0.3 is 10.1 Å². The quantitative estimate of drug-likeness (QED) is 0.774. The van der Waals surface area contributed by atoms with Crippen molar-refractivity contribution >= 4 is 28.5 Å². The summed E-state index contributed by atoms with van der Waals surface area (Å²) in [5.74, 6) is -0.185. The topological polar surface area (TPSA) is 74.8 Å². The second kappa shape index (κ2) is 8.96. The maximum Gasteiger partial charge on any atom is 0.410 e. The molecule has 1 N–H and O–H groups in total. The Bertz CT molecular complexity index is 938. The fourth-order valence-electron chi connectivity index (χ4n) is 4.05. The summed E-state index contributed by atoms with van der Waals surface area (Å²) in [5, 5.41) is 3.57. The summed E-state index contributed by atoms with van der Waals surface area (Å²) >= 11 is 1.54. The lowest BCUT2D eigenvalue weighted by Crippen LogP contribution is -2.45. The van der Waals surface area contributed by atoms with Gasteiger partial charge in [-0.15, -0.1) is 11.3 Å². The smallest absolute Gasteiger partial charge is 0.410 e. The summed E-state index contributed by atoms with van der Waals surface area (Å²) in [7, 11) is 0. The number of fused-ring (bicyclic) bond motifs is 1. The van der Waals surface area contributed by atoms with Gasteiger partial charge in [0, 0.05) is 37.5 Å². The van der Waals surface area contributed by atoms with Gasteiger partial charge in [0.05, 0.1) is 5.69 Å². The molecule has 2 aromatic rings. The molecule has 7 nitrogen and oxygen atoms in total. The summed E-state index contributed by atoms with van der Waals surface area (Å²) in [5.41, 5.74) is 1.79. The minimum atomic E-state index is -0.583. The number of nitrogens with zero attached hydrogens (tertiary/aromatic N) is 3. The number of carbonyl (C=O) groups excluding carboxylic acids is 2. The number of thiazole rings is 1.